The smallest absolute Gasteiger partial charge is 0.325 e. The summed E-state index contributed by atoms with van der Waals surface area (Å²) in [4.78, 5) is 4.38. The van der Waals surface area contributed by atoms with E-state index in [-0.39, 0.29) is 13.0 Å². The van der Waals surface area contributed by atoms with E-state index in [0.29, 0.717) is 11.3 Å². The molecule has 0 aliphatic heterocycles. The van der Waals surface area contributed by atoms with E-state index >= 15 is 0 Å². The third-order valence-corrected chi connectivity index (χ3v) is 3.67. The van der Waals surface area contributed by atoms with Crippen LogP contribution in [0.3, 0.4) is 0 Å². The molecule has 0 aliphatic rings. The van der Waals surface area contributed by atoms with Gasteiger partial charge in [-0.25, -0.2) is 0 Å². The lowest BCUT2D eigenvalue weighted by Gasteiger charge is -2.24. The maximum absolute atomic E-state index is 13.1. The molecule has 0 bridgehead atoms. The number of alkyl halides is 3. The van der Waals surface area contributed by atoms with Crippen LogP contribution >= 0.6 is 0 Å². The van der Waals surface area contributed by atoms with Gasteiger partial charge in [-0.1, -0.05) is 18.2 Å². The molecular weight excluding hydrogens is 321 g/mol. The Kier molecular flexibility index (Phi) is 5.95. The Bertz CT molecular complexity index is 642. The summed E-state index contributed by atoms with van der Waals surface area (Å²) >= 11 is 0. The van der Waals surface area contributed by atoms with Crippen molar-refractivity contribution < 1.29 is 26.1 Å². The van der Waals surface area contributed by atoms with E-state index in [1.165, 1.54) is 13.1 Å². The fourth-order valence-electron chi connectivity index (χ4n) is 1.87. The zero-order valence-electron chi connectivity index (χ0n) is 12.1. The minimum absolute atomic E-state index is 0.194. The quantitative estimate of drug-likeness (QED) is 0.388. The summed E-state index contributed by atoms with van der Waals surface area (Å²) in [6.45, 7) is 1.32. The highest BCUT2D eigenvalue weighted by Crippen LogP contribution is 2.26. The highest BCUT2D eigenvalue weighted by molar-refractivity contribution is 7.85. The van der Waals surface area contributed by atoms with Crippen LogP contribution in [-0.4, -0.2) is 44.3 Å². The summed E-state index contributed by atoms with van der Waals surface area (Å²) in [7, 11) is -2.95. The Morgan fingerprint density at radius 2 is 1.91 bits per heavy atom. The highest BCUT2D eigenvalue weighted by atomic mass is 32.2. The minimum Gasteiger partial charge on any atom is -0.325 e. The lowest BCUT2D eigenvalue weighted by atomic mass is 10.2. The monoisotopic (exact) mass is 338 g/mol. The van der Waals surface area contributed by atoms with Gasteiger partial charge in [0, 0.05) is 19.3 Å². The molecule has 9 heteroatoms. The van der Waals surface area contributed by atoms with E-state index in [1.54, 1.807) is 25.1 Å². The van der Waals surface area contributed by atoms with E-state index in [9.17, 15) is 21.6 Å². The molecule has 1 aromatic carbocycles. The second-order valence-electron chi connectivity index (χ2n) is 4.69. The van der Waals surface area contributed by atoms with Crippen LogP contribution in [0.4, 0.5) is 18.9 Å². The number of rotatable bonds is 5. The molecule has 0 saturated heterocycles. The van der Waals surface area contributed by atoms with E-state index in [4.69, 9.17) is 4.55 Å². The molecular formula is C13H17F3N2O3S. The zero-order valence-corrected chi connectivity index (χ0v) is 12.9. The fourth-order valence-corrected chi connectivity index (χ4v) is 2.37. The van der Waals surface area contributed by atoms with Crippen LogP contribution in [0.25, 0.3) is 0 Å². The van der Waals surface area contributed by atoms with E-state index in [2.05, 4.69) is 4.99 Å². The molecule has 1 aromatic rings. The van der Waals surface area contributed by atoms with Gasteiger partial charge >= 0.3 is 6.18 Å². The third kappa shape index (κ3) is 5.64. The van der Waals surface area contributed by atoms with Crippen LogP contribution in [0.1, 0.15) is 12.0 Å². The molecule has 0 atom stereocenters. The molecule has 5 nitrogen and oxygen atoms in total. The van der Waals surface area contributed by atoms with Crippen molar-refractivity contribution in [1.29, 1.82) is 0 Å². The second-order valence-corrected chi connectivity index (χ2v) is 6.26. The van der Waals surface area contributed by atoms with Crippen molar-refractivity contribution in [3.63, 3.8) is 0 Å². The average molecular weight is 338 g/mol. The molecule has 1 rings (SSSR count). The largest absolute Gasteiger partial charge is 0.449 e. The Morgan fingerprint density at radius 1 is 1.32 bits per heavy atom. The van der Waals surface area contributed by atoms with Gasteiger partial charge in [0.05, 0.1) is 5.75 Å². The van der Waals surface area contributed by atoms with Crippen LogP contribution in [0, 0.1) is 6.92 Å². The van der Waals surface area contributed by atoms with E-state index in [1.807, 2.05) is 0 Å². The highest BCUT2D eigenvalue weighted by Gasteiger charge is 2.39. The Hall–Kier alpha value is -1.61. The van der Waals surface area contributed by atoms with Crippen LogP contribution in [0.15, 0.2) is 29.3 Å². The molecule has 0 heterocycles. The van der Waals surface area contributed by atoms with E-state index in [0.717, 1.165) is 4.90 Å². The van der Waals surface area contributed by atoms with Crippen molar-refractivity contribution >= 4 is 21.6 Å². The predicted octanol–water partition coefficient (Wildman–Crippen LogP) is 2.67. The third-order valence-electron chi connectivity index (χ3n) is 2.87. The summed E-state index contributed by atoms with van der Waals surface area (Å²) in [5, 5.41) is 0. The number of anilines is 1. The van der Waals surface area contributed by atoms with Crippen molar-refractivity contribution in [2.24, 2.45) is 4.99 Å². The van der Waals surface area contributed by atoms with Crippen molar-refractivity contribution in [3.8, 4) is 0 Å². The van der Waals surface area contributed by atoms with Gasteiger partial charge in [-0.3, -0.25) is 9.55 Å². The molecule has 0 saturated carbocycles. The van der Waals surface area contributed by atoms with Gasteiger partial charge in [-0.15, -0.1) is 0 Å². The summed E-state index contributed by atoms with van der Waals surface area (Å²) < 4.78 is 69.0. The summed E-state index contributed by atoms with van der Waals surface area (Å²) in [6.07, 6.45) is -4.87. The van der Waals surface area contributed by atoms with Gasteiger partial charge in [-0.2, -0.15) is 21.6 Å². The number of para-hydroxylation sites is 1. The standard InChI is InChI=1S/C13H17F3N2O3S/c1-10-6-3-4-7-11(10)18(2)12(13(14,15)16)17-8-5-9-22(19,20)21/h3-4,6-7H,5,8-9H2,1-2H3,(H,19,20,21). The van der Waals surface area contributed by atoms with Gasteiger partial charge in [-0.05, 0) is 25.0 Å². The van der Waals surface area contributed by atoms with Crippen LogP contribution in [0.5, 0.6) is 0 Å². The normalized spacial score (nSPS) is 13.3. The molecule has 0 spiro atoms. The van der Waals surface area contributed by atoms with Gasteiger partial charge in [0.25, 0.3) is 10.1 Å². The first-order valence-electron chi connectivity index (χ1n) is 6.38. The first-order valence-corrected chi connectivity index (χ1v) is 7.99. The van der Waals surface area contributed by atoms with Crippen molar-refractivity contribution in [2.75, 3.05) is 24.2 Å². The van der Waals surface area contributed by atoms with Crippen molar-refractivity contribution in [1.82, 2.24) is 0 Å². The summed E-state index contributed by atoms with van der Waals surface area (Å²) in [5.74, 6) is -1.74. The second kappa shape index (κ2) is 7.10. The molecule has 0 amide bonds. The van der Waals surface area contributed by atoms with Crippen molar-refractivity contribution in [3.05, 3.63) is 29.8 Å². The fraction of sp³-hybridized carbons (Fsp3) is 0.462. The number of nitrogens with zero attached hydrogens (tertiary/aromatic N) is 2. The van der Waals surface area contributed by atoms with Gasteiger partial charge in [0.2, 0.25) is 5.84 Å². The first-order chi connectivity index (χ1) is 10.0. The van der Waals surface area contributed by atoms with Gasteiger partial charge < -0.3 is 4.90 Å². The Morgan fingerprint density at radius 3 is 2.41 bits per heavy atom. The average Bonchev–Trinajstić information content (AvgIpc) is 2.35. The van der Waals surface area contributed by atoms with E-state index < -0.39 is 27.9 Å². The first kappa shape index (κ1) is 18.4. The number of halogens is 3. The number of amidine groups is 1. The molecule has 0 aromatic heterocycles. The number of hydrogen-bond acceptors (Lipinski definition) is 3. The molecule has 1 N–H and O–H groups in total. The lowest BCUT2D eigenvalue weighted by Crippen LogP contribution is -2.39. The topological polar surface area (TPSA) is 70.0 Å². The summed E-state index contributed by atoms with van der Waals surface area (Å²) in [6, 6.07) is 6.54. The zero-order chi connectivity index (χ0) is 17.0. The molecule has 0 aliphatic carbocycles. The Balaban J connectivity index is 2.96. The van der Waals surface area contributed by atoms with Gasteiger partial charge in [0.1, 0.15) is 0 Å². The van der Waals surface area contributed by atoms with Crippen LogP contribution in [-0.2, 0) is 10.1 Å². The molecule has 0 unspecified atom stereocenters. The van der Waals surface area contributed by atoms with Crippen molar-refractivity contribution in [2.45, 2.75) is 19.5 Å². The number of hydrogen-bond donors (Lipinski definition) is 1. The number of benzene rings is 1. The molecule has 124 valence electrons. The van der Waals surface area contributed by atoms with Crippen LogP contribution in [0.2, 0.25) is 0 Å². The lowest BCUT2D eigenvalue weighted by molar-refractivity contribution is -0.0601. The van der Waals surface area contributed by atoms with Gasteiger partial charge in [0.15, 0.2) is 0 Å². The SMILES string of the molecule is Cc1ccccc1N(C)C(=NCCCS(=O)(=O)O)C(F)(F)F. The number of aryl methyl sites for hydroxylation is 1. The maximum atomic E-state index is 13.1. The predicted molar refractivity (Wildman–Crippen MR) is 79.0 cm³/mol. The summed E-state index contributed by atoms with van der Waals surface area (Å²) in [5.41, 5.74) is 1.01. The maximum Gasteiger partial charge on any atom is 0.449 e. The molecule has 0 radical (unpaired) electrons. The molecule has 22 heavy (non-hydrogen) atoms. The Labute approximate surface area is 127 Å². The minimum atomic E-state index is -4.67. The molecule has 0 fully saturated rings. The van der Waals surface area contributed by atoms with Crippen LogP contribution < -0.4 is 4.90 Å². The number of aliphatic imine (C=N–C) groups is 1.